The summed E-state index contributed by atoms with van der Waals surface area (Å²) < 4.78 is 5.68. The minimum absolute atomic E-state index is 0.295. The van der Waals surface area contributed by atoms with E-state index in [1.54, 1.807) is 6.33 Å². The van der Waals surface area contributed by atoms with Gasteiger partial charge in [0.25, 0.3) is 0 Å². The van der Waals surface area contributed by atoms with Crippen molar-refractivity contribution >= 4 is 0 Å². The Morgan fingerprint density at radius 1 is 1.42 bits per heavy atom. The van der Waals surface area contributed by atoms with Gasteiger partial charge in [-0.05, 0) is 33.2 Å². The molecule has 0 unspecified atom stereocenters. The second-order valence-electron chi connectivity index (χ2n) is 5.10. The fraction of sp³-hybridized carbons (Fsp3) is 0.615. The number of piperidine rings is 1. The smallest absolute Gasteiger partial charge is 0.208 e. The average molecular weight is 261 g/mol. The summed E-state index contributed by atoms with van der Waals surface area (Å²) in [4.78, 5) is 11.1. The largest absolute Gasteiger partial charge is 0.444 e. The van der Waals surface area contributed by atoms with E-state index in [1.807, 2.05) is 13.8 Å². The molecule has 0 spiro atoms. The van der Waals surface area contributed by atoms with Gasteiger partial charge < -0.3 is 4.42 Å². The molecule has 0 amide bonds. The Labute approximate surface area is 112 Å². The highest BCUT2D eigenvalue weighted by atomic mass is 16.4. The van der Waals surface area contributed by atoms with Crippen LogP contribution < -0.4 is 0 Å². The number of aryl methyl sites for hydroxylation is 2. The van der Waals surface area contributed by atoms with E-state index in [9.17, 15) is 0 Å². The number of likely N-dealkylation sites (tertiary alicyclic amines) is 1. The van der Waals surface area contributed by atoms with E-state index in [1.165, 1.54) is 12.8 Å². The highest BCUT2D eigenvalue weighted by Crippen LogP contribution is 2.29. The van der Waals surface area contributed by atoms with Crippen molar-refractivity contribution in [1.29, 1.82) is 0 Å². The third kappa shape index (κ3) is 2.53. The molecule has 3 rings (SSSR count). The van der Waals surface area contributed by atoms with E-state index in [4.69, 9.17) is 4.42 Å². The topological polar surface area (TPSA) is 70.8 Å². The molecule has 1 atom stereocenters. The van der Waals surface area contributed by atoms with Gasteiger partial charge in [-0.2, -0.15) is 5.10 Å². The van der Waals surface area contributed by atoms with Crippen molar-refractivity contribution in [3.8, 4) is 0 Å². The van der Waals surface area contributed by atoms with Crippen molar-refractivity contribution in [2.24, 2.45) is 0 Å². The lowest BCUT2D eigenvalue weighted by atomic mass is 10.0. The van der Waals surface area contributed by atoms with E-state index < -0.39 is 0 Å². The first-order valence-electron chi connectivity index (χ1n) is 6.76. The first-order chi connectivity index (χ1) is 9.24. The molecule has 3 heterocycles. The number of hydrogen-bond acceptors (Lipinski definition) is 5. The van der Waals surface area contributed by atoms with Gasteiger partial charge in [0.15, 0.2) is 0 Å². The van der Waals surface area contributed by atoms with Crippen molar-refractivity contribution < 1.29 is 4.42 Å². The van der Waals surface area contributed by atoms with Crippen molar-refractivity contribution in [2.45, 2.75) is 45.7 Å². The van der Waals surface area contributed by atoms with Crippen molar-refractivity contribution in [3.63, 3.8) is 0 Å². The molecular weight excluding hydrogens is 242 g/mol. The van der Waals surface area contributed by atoms with Crippen LogP contribution in [0, 0.1) is 13.8 Å². The van der Waals surface area contributed by atoms with Crippen LogP contribution in [0.5, 0.6) is 0 Å². The Kier molecular flexibility index (Phi) is 3.33. The molecule has 6 heteroatoms. The van der Waals surface area contributed by atoms with Gasteiger partial charge in [0, 0.05) is 0 Å². The number of H-pyrrole nitrogens is 1. The summed E-state index contributed by atoms with van der Waals surface area (Å²) in [5.41, 5.74) is 0.975. The highest BCUT2D eigenvalue weighted by molar-refractivity contribution is 5.06. The van der Waals surface area contributed by atoms with Crippen LogP contribution in [0.15, 0.2) is 10.7 Å². The first kappa shape index (κ1) is 12.3. The molecular formula is C13H19N5O. The molecule has 2 aromatic rings. The monoisotopic (exact) mass is 261 g/mol. The lowest BCUT2D eigenvalue weighted by Crippen LogP contribution is -2.33. The number of nitrogens with one attached hydrogen (secondary N) is 1. The third-order valence-electron chi connectivity index (χ3n) is 3.77. The van der Waals surface area contributed by atoms with Crippen LogP contribution in [-0.4, -0.2) is 31.6 Å². The van der Waals surface area contributed by atoms with Gasteiger partial charge in [0.05, 0.1) is 18.3 Å². The van der Waals surface area contributed by atoms with Gasteiger partial charge in [-0.3, -0.25) is 10.00 Å². The summed E-state index contributed by atoms with van der Waals surface area (Å²) in [6, 6.07) is 0.295. The molecule has 1 aliphatic heterocycles. The molecule has 1 N–H and O–H groups in total. The first-order valence-corrected chi connectivity index (χ1v) is 6.76. The number of rotatable bonds is 3. The minimum atomic E-state index is 0.295. The quantitative estimate of drug-likeness (QED) is 0.916. The van der Waals surface area contributed by atoms with Crippen LogP contribution in [0.4, 0.5) is 0 Å². The van der Waals surface area contributed by atoms with Crippen LogP contribution in [-0.2, 0) is 6.54 Å². The van der Waals surface area contributed by atoms with Crippen LogP contribution in [0.2, 0.25) is 0 Å². The zero-order chi connectivity index (χ0) is 13.2. The third-order valence-corrected chi connectivity index (χ3v) is 3.77. The van der Waals surface area contributed by atoms with Gasteiger partial charge in [-0.1, -0.05) is 6.42 Å². The minimum Gasteiger partial charge on any atom is -0.444 e. The Balaban J connectivity index is 1.77. The number of hydrogen-bond donors (Lipinski definition) is 1. The standard InChI is InChI=1S/C13H19N5O/c1-9-10(2)19-12(16-9)7-18-6-4-3-5-11(18)13-14-8-15-17-13/h8,11H,3-7H2,1-2H3,(H,14,15,17)/t11-/m0/s1. The lowest BCUT2D eigenvalue weighted by Gasteiger charge is -2.33. The highest BCUT2D eigenvalue weighted by Gasteiger charge is 2.27. The van der Waals surface area contributed by atoms with Gasteiger partial charge in [0.1, 0.15) is 17.9 Å². The molecule has 2 aromatic heterocycles. The molecule has 0 aromatic carbocycles. The molecule has 0 bridgehead atoms. The van der Waals surface area contributed by atoms with E-state index >= 15 is 0 Å². The summed E-state index contributed by atoms with van der Waals surface area (Å²) in [6.07, 6.45) is 5.12. The number of nitrogens with zero attached hydrogens (tertiary/aromatic N) is 4. The fourth-order valence-electron chi connectivity index (χ4n) is 2.65. The van der Waals surface area contributed by atoms with E-state index in [2.05, 4.69) is 25.1 Å². The number of aromatic nitrogens is 4. The van der Waals surface area contributed by atoms with Crippen LogP contribution >= 0.6 is 0 Å². The lowest BCUT2D eigenvalue weighted by molar-refractivity contribution is 0.121. The molecule has 6 nitrogen and oxygen atoms in total. The van der Waals surface area contributed by atoms with Crippen LogP contribution in [0.25, 0.3) is 0 Å². The summed E-state index contributed by atoms with van der Waals surface area (Å²) in [5.74, 6) is 2.64. The Morgan fingerprint density at radius 3 is 3.00 bits per heavy atom. The van der Waals surface area contributed by atoms with Crippen molar-refractivity contribution in [2.75, 3.05) is 6.54 Å². The normalized spacial score (nSPS) is 20.8. The van der Waals surface area contributed by atoms with Crippen molar-refractivity contribution in [1.82, 2.24) is 25.1 Å². The Hall–Kier alpha value is -1.69. The SMILES string of the molecule is Cc1nc(CN2CCCC[C@H]2c2ncn[nH]2)oc1C. The maximum Gasteiger partial charge on any atom is 0.208 e. The summed E-state index contributed by atoms with van der Waals surface area (Å²) in [6.45, 7) is 5.72. The van der Waals surface area contributed by atoms with Crippen LogP contribution in [0.3, 0.4) is 0 Å². The van der Waals surface area contributed by atoms with E-state index in [-0.39, 0.29) is 0 Å². The second-order valence-corrected chi connectivity index (χ2v) is 5.10. The molecule has 1 fully saturated rings. The number of oxazole rings is 1. The summed E-state index contributed by atoms with van der Waals surface area (Å²) in [7, 11) is 0. The Bertz CT molecular complexity index is 514. The summed E-state index contributed by atoms with van der Waals surface area (Å²) in [5, 5.41) is 6.94. The van der Waals surface area contributed by atoms with Gasteiger partial charge in [0.2, 0.25) is 5.89 Å². The molecule has 102 valence electrons. The molecule has 0 radical (unpaired) electrons. The second kappa shape index (κ2) is 5.13. The van der Waals surface area contributed by atoms with E-state index in [0.29, 0.717) is 6.04 Å². The van der Waals surface area contributed by atoms with Gasteiger partial charge >= 0.3 is 0 Å². The predicted octanol–water partition coefficient (Wildman–Crippen LogP) is 2.14. The Morgan fingerprint density at radius 2 is 2.32 bits per heavy atom. The maximum atomic E-state index is 5.68. The summed E-state index contributed by atoms with van der Waals surface area (Å²) >= 11 is 0. The van der Waals surface area contributed by atoms with Crippen molar-refractivity contribution in [3.05, 3.63) is 29.5 Å². The van der Waals surface area contributed by atoms with Gasteiger partial charge in [-0.15, -0.1) is 0 Å². The average Bonchev–Trinajstić information content (AvgIpc) is 3.02. The fourth-order valence-corrected chi connectivity index (χ4v) is 2.65. The molecule has 0 aliphatic carbocycles. The maximum absolute atomic E-state index is 5.68. The zero-order valence-electron chi connectivity index (χ0n) is 11.4. The molecule has 0 saturated carbocycles. The molecule has 1 saturated heterocycles. The molecule has 1 aliphatic rings. The van der Waals surface area contributed by atoms with Gasteiger partial charge in [-0.25, -0.2) is 9.97 Å². The predicted molar refractivity (Wildman–Crippen MR) is 69.4 cm³/mol. The zero-order valence-corrected chi connectivity index (χ0v) is 11.4. The number of aromatic amines is 1. The van der Waals surface area contributed by atoms with Crippen LogP contribution in [0.1, 0.15) is 48.5 Å². The van der Waals surface area contributed by atoms with E-state index in [0.717, 1.165) is 42.7 Å². The molecule has 19 heavy (non-hydrogen) atoms.